The van der Waals surface area contributed by atoms with Gasteiger partial charge < -0.3 is 14.2 Å². The van der Waals surface area contributed by atoms with Crippen LogP contribution in [-0.2, 0) is 15.9 Å². The summed E-state index contributed by atoms with van der Waals surface area (Å²) in [5.41, 5.74) is 2.69. The summed E-state index contributed by atoms with van der Waals surface area (Å²) in [6.07, 6.45) is 9.57. The Hall–Kier alpha value is -1.13. The number of epoxide rings is 1. The van der Waals surface area contributed by atoms with E-state index in [0.717, 1.165) is 50.2 Å². The van der Waals surface area contributed by atoms with Crippen LogP contribution in [0.4, 0.5) is 4.39 Å². The third-order valence-electron chi connectivity index (χ3n) is 8.99. The highest BCUT2D eigenvalue weighted by Gasteiger charge is 2.68. The molecule has 152 valence electrons. The van der Waals surface area contributed by atoms with Crippen LogP contribution in [0.5, 0.6) is 5.75 Å². The third kappa shape index (κ3) is 2.40. The lowest BCUT2D eigenvalue weighted by atomic mass is 9.54. The maximum Gasteiger partial charge on any atom is 0.199 e. The number of halogens is 1. The van der Waals surface area contributed by atoms with Crippen molar-refractivity contribution in [2.75, 3.05) is 13.2 Å². The molecule has 4 heteroatoms. The van der Waals surface area contributed by atoms with Crippen LogP contribution < -0.4 is 4.74 Å². The number of benzene rings is 1. The minimum absolute atomic E-state index is 0.133. The van der Waals surface area contributed by atoms with Gasteiger partial charge in [-0.1, -0.05) is 13.0 Å². The second-order valence-corrected chi connectivity index (χ2v) is 10.1. The topological polar surface area (TPSA) is 31.0 Å². The van der Waals surface area contributed by atoms with E-state index in [1.807, 2.05) is 6.07 Å². The molecule has 1 unspecified atom stereocenters. The Bertz CT molecular complexity index is 782. The van der Waals surface area contributed by atoms with Crippen molar-refractivity contribution in [3.05, 3.63) is 29.1 Å². The Kier molecular flexibility index (Phi) is 3.91. The molecular formula is C24H31FO3. The van der Waals surface area contributed by atoms with E-state index in [1.165, 1.54) is 31.2 Å². The molecule has 0 bridgehead atoms. The van der Waals surface area contributed by atoms with Crippen LogP contribution in [0.2, 0.25) is 0 Å². The fourth-order valence-corrected chi connectivity index (χ4v) is 7.29. The van der Waals surface area contributed by atoms with E-state index in [9.17, 15) is 0 Å². The van der Waals surface area contributed by atoms with Gasteiger partial charge in [0.15, 0.2) is 17.9 Å². The van der Waals surface area contributed by atoms with Crippen molar-refractivity contribution in [2.24, 2.45) is 17.3 Å². The molecule has 0 N–H and O–H groups in total. The largest absolute Gasteiger partial charge is 0.462 e. The minimum atomic E-state index is -0.291. The number of hydrogen-bond donors (Lipinski definition) is 0. The molecular weight excluding hydrogens is 355 g/mol. The average Bonchev–Trinajstić information content (AvgIpc) is 3.45. The molecule has 1 spiro atoms. The summed E-state index contributed by atoms with van der Waals surface area (Å²) < 4.78 is 32.9. The Morgan fingerprint density at radius 1 is 1.11 bits per heavy atom. The van der Waals surface area contributed by atoms with Crippen LogP contribution >= 0.6 is 0 Å². The van der Waals surface area contributed by atoms with Gasteiger partial charge in [0, 0.05) is 11.8 Å². The second kappa shape index (κ2) is 6.18. The molecule has 3 nitrogen and oxygen atoms in total. The van der Waals surface area contributed by atoms with E-state index >= 15 is 4.39 Å². The van der Waals surface area contributed by atoms with Crippen molar-refractivity contribution in [3.8, 4) is 5.75 Å². The maximum absolute atomic E-state index is 15.3. The van der Waals surface area contributed by atoms with Crippen molar-refractivity contribution < 1.29 is 18.6 Å². The first kappa shape index (κ1) is 17.7. The van der Waals surface area contributed by atoms with Crippen molar-refractivity contribution in [2.45, 2.75) is 82.5 Å². The molecule has 2 saturated heterocycles. The van der Waals surface area contributed by atoms with Gasteiger partial charge in [-0.2, -0.15) is 0 Å². The van der Waals surface area contributed by atoms with E-state index in [0.29, 0.717) is 29.6 Å². The van der Waals surface area contributed by atoms with Crippen LogP contribution in [0.1, 0.15) is 75.3 Å². The summed E-state index contributed by atoms with van der Waals surface area (Å²) in [6.45, 7) is 4.16. The van der Waals surface area contributed by atoms with Gasteiger partial charge in [-0.3, -0.25) is 0 Å². The quantitative estimate of drug-likeness (QED) is 0.642. The average molecular weight is 387 g/mol. The first-order valence-electron chi connectivity index (χ1n) is 11.3. The number of hydrogen-bond acceptors (Lipinski definition) is 3. The molecule has 5 aliphatic rings. The van der Waals surface area contributed by atoms with Gasteiger partial charge in [0.2, 0.25) is 0 Å². The summed E-state index contributed by atoms with van der Waals surface area (Å²) in [6, 6.07) is 4.02. The lowest BCUT2D eigenvalue weighted by molar-refractivity contribution is -0.107. The van der Waals surface area contributed by atoms with Gasteiger partial charge in [-0.15, -0.1) is 0 Å². The van der Waals surface area contributed by atoms with Crippen molar-refractivity contribution in [3.63, 3.8) is 0 Å². The maximum atomic E-state index is 15.3. The van der Waals surface area contributed by atoms with Gasteiger partial charge in [-0.05, 0) is 86.3 Å². The number of fused-ring (bicyclic) bond motifs is 6. The van der Waals surface area contributed by atoms with Crippen LogP contribution in [0, 0.1) is 23.1 Å². The Labute approximate surface area is 166 Å². The Morgan fingerprint density at radius 2 is 2.00 bits per heavy atom. The normalized spacial score (nSPS) is 43.9. The minimum Gasteiger partial charge on any atom is -0.462 e. The summed E-state index contributed by atoms with van der Waals surface area (Å²) in [5.74, 6) is 2.17. The van der Waals surface area contributed by atoms with Crippen molar-refractivity contribution >= 4 is 0 Å². The van der Waals surface area contributed by atoms with Gasteiger partial charge in [0.05, 0.1) is 18.8 Å². The van der Waals surface area contributed by atoms with Crippen LogP contribution in [0.15, 0.2) is 12.1 Å². The smallest absolute Gasteiger partial charge is 0.199 e. The SMILES string of the molecule is C[C@]12CC[C@@H]3c4ccc(OC5CCCCO5)c(F)c4CC[C@H]3[C@@H]1CC[C@@]21CO1. The molecule has 3 aliphatic carbocycles. The first-order chi connectivity index (χ1) is 13.6. The van der Waals surface area contributed by atoms with Gasteiger partial charge in [0.1, 0.15) is 0 Å². The molecule has 0 amide bonds. The zero-order chi connectivity index (χ0) is 18.9. The van der Waals surface area contributed by atoms with E-state index < -0.39 is 0 Å². The lowest BCUT2D eigenvalue weighted by Crippen LogP contribution is -2.45. The van der Waals surface area contributed by atoms with E-state index in [-0.39, 0.29) is 17.7 Å². The van der Waals surface area contributed by atoms with Gasteiger partial charge >= 0.3 is 0 Å². The molecule has 1 aromatic rings. The summed E-state index contributed by atoms with van der Waals surface area (Å²) in [7, 11) is 0. The fourth-order valence-electron chi connectivity index (χ4n) is 7.29. The molecule has 2 heterocycles. The molecule has 2 aliphatic heterocycles. The number of ether oxygens (including phenoxy) is 3. The molecule has 6 atom stereocenters. The zero-order valence-corrected chi connectivity index (χ0v) is 16.8. The predicted molar refractivity (Wildman–Crippen MR) is 104 cm³/mol. The monoisotopic (exact) mass is 386 g/mol. The summed E-state index contributed by atoms with van der Waals surface area (Å²) in [4.78, 5) is 0. The zero-order valence-electron chi connectivity index (χ0n) is 16.8. The highest BCUT2D eigenvalue weighted by atomic mass is 19.1. The van der Waals surface area contributed by atoms with Crippen LogP contribution in [-0.4, -0.2) is 25.1 Å². The van der Waals surface area contributed by atoms with Crippen LogP contribution in [0.25, 0.3) is 0 Å². The highest BCUT2D eigenvalue weighted by Crippen LogP contribution is 2.68. The van der Waals surface area contributed by atoms with Crippen molar-refractivity contribution in [1.82, 2.24) is 0 Å². The van der Waals surface area contributed by atoms with E-state index in [2.05, 4.69) is 13.0 Å². The summed E-state index contributed by atoms with van der Waals surface area (Å²) >= 11 is 0. The number of rotatable bonds is 2. The van der Waals surface area contributed by atoms with Gasteiger partial charge in [0.25, 0.3) is 0 Å². The summed E-state index contributed by atoms with van der Waals surface area (Å²) in [5, 5.41) is 0. The molecule has 2 saturated carbocycles. The molecule has 28 heavy (non-hydrogen) atoms. The fraction of sp³-hybridized carbons (Fsp3) is 0.750. The van der Waals surface area contributed by atoms with E-state index in [4.69, 9.17) is 14.2 Å². The molecule has 0 radical (unpaired) electrons. The second-order valence-electron chi connectivity index (χ2n) is 10.1. The first-order valence-corrected chi connectivity index (χ1v) is 11.3. The van der Waals surface area contributed by atoms with Crippen molar-refractivity contribution in [1.29, 1.82) is 0 Å². The molecule has 1 aromatic carbocycles. The highest BCUT2D eigenvalue weighted by molar-refractivity contribution is 5.42. The molecule has 6 rings (SSSR count). The van der Waals surface area contributed by atoms with Gasteiger partial charge in [-0.25, -0.2) is 4.39 Å². The molecule has 0 aromatic heterocycles. The molecule has 4 fully saturated rings. The third-order valence-corrected chi connectivity index (χ3v) is 8.99. The van der Waals surface area contributed by atoms with Crippen LogP contribution in [0.3, 0.4) is 0 Å². The lowest BCUT2D eigenvalue weighted by Gasteiger charge is -2.50. The predicted octanol–water partition coefficient (Wildman–Crippen LogP) is 5.36. The van der Waals surface area contributed by atoms with E-state index in [1.54, 1.807) is 0 Å². The Morgan fingerprint density at radius 3 is 2.79 bits per heavy atom. The standard InChI is InChI=1S/C24H31FO3/c1-23-11-9-16-15-7-8-20(28-21-4-2-3-13-26-21)22(25)18(15)6-5-17(16)19(23)10-12-24(23)14-27-24/h7-8,16-17,19,21H,2-6,9-14H2,1H3/t16-,17-,19+,21?,23+,24-/m1/s1. The Balaban J connectivity index is 1.27.